The van der Waals surface area contributed by atoms with E-state index in [4.69, 9.17) is 0 Å². The van der Waals surface area contributed by atoms with E-state index in [0.29, 0.717) is 12.5 Å². The monoisotopic (exact) mass is 264 g/mol. The first-order chi connectivity index (χ1) is 9.25. The highest BCUT2D eigenvalue weighted by Crippen LogP contribution is 2.17. The molecule has 2 heterocycles. The molecule has 1 aromatic rings. The molecule has 1 atom stereocenters. The Kier molecular flexibility index (Phi) is 5.39. The van der Waals surface area contributed by atoms with E-state index in [1.165, 1.54) is 12.8 Å². The maximum atomic E-state index is 11.9. The number of amides is 1. The lowest BCUT2D eigenvalue weighted by molar-refractivity contribution is -0.122. The van der Waals surface area contributed by atoms with Crippen molar-refractivity contribution >= 4 is 5.91 Å². The van der Waals surface area contributed by atoms with Crippen LogP contribution in [0.15, 0.2) is 12.4 Å². The summed E-state index contributed by atoms with van der Waals surface area (Å²) in [4.78, 5) is 21.4. The van der Waals surface area contributed by atoms with E-state index in [-0.39, 0.29) is 5.91 Å². The second-order valence-corrected chi connectivity index (χ2v) is 5.32. The molecule has 1 saturated heterocycles. The van der Waals surface area contributed by atoms with Crippen molar-refractivity contribution in [2.24, 2.45) is 0 Å². The van der Waals surface area contributed by atoms with Crippen molar-refractivity contribution in [1.82, 2.24) is 20.2 Å². The van der Waals surface area contributed by atoms with Gasteiger partial charge in [0, 0.05) is 37.8 Å². The summed E-state index contributed by atoms with van der Waals surface area (Å²) in [5.41, 5.74) is 0. The molecule has 1 amide bonds. The summed E-state index contributed by atoms with van der Waals surface area (Å²) in [6, 6.07) is 0.429. The highest BCUT2D eigenvalue weighted by atomic mass is 16.1. The van der Waals surface area contributed by atoms with Gasteiger partial charge in [0.05, 0.1) is 0 Å². The molecule has 1 fully saturated rings. The van der Waals surface area contributed by atoms with Crippen LogP contribution in [-0.2, 0) is 11.2 Å². The first kappa shape index (κ1) is 14.1. The van der Waals surface area contributed by atoms with Crippen LogP contribution >= 0.6 is 0 Å². The molecule has 5 nitrogen and oxygen atoms in total. The fourth-order valence-electron chi connectivity index (χ4n) is 2.61. The van der Waals surface area contributed by atoms with E-state index in [9.17, 15) is 4.79 Å². The molecule has 2 rings (SSSR count). The lowest BCUT2D eigenvalue weighted by Crippen LogP contribution is -2.40. The number of aromatic nitrogens is 2. The van der Waals surface area contributed by atoms with Gasteiger partial charge in [-0.25, -0.2) is 4.98 Å². The summed E-state index contributed by atoms with van der Waals surface area (Å²) in [6.45, 7) is 1.85. The van der Waals surface area contributed by atoms with Crippen LogP contribution in [0.1, 0.15) is 37.9 Å². The number of aryl methyl sites for hydroxylation is 1. The summed E-state index contributed by atoms with van der Waals surface area (Å²) < 4.78 is 0. The van der Waals surface area contributed by atoms with Gasteiger partial charge in [-0.2, -0.15) is 0 Å². The number of rotatable bonds is 6. The van der Waals surface area contributed by atoms with Gasteiger partial charge in [0.1, 0.15) is 5.82 Å². The lowest BCUT2D eigenvalue weighted by Gasteiger charge is -2.31. The Labute approximate surface area is 114 Å². The molecule has 1 aromatic heterocycles. The largest absolute Gasteiger partial charge is 0.356 e. The Bertz CT molecular complexity index is 377. The zero-order valence-corrected chi connectivity index (χ0v) is 11.7. The molecule has 1 unspecified atom stereocenters. The molecule has 0 bridgehead atoms. The highest BCUT2D eigenvalue weighted by Gasteiger charge is 2.21. The van der Waals surface area contributed by atoms with E-state index < -0.39 is 0 Å². The number of nitrogens with zero attached hydrogens (tertiary/aromatic N) is 2. The Hall–Kier alpha value is -1.36. The van der Waals surface area contributed by atoms with Gasteiger partial charge in [0.15, 0.2) is 0 Å². The number of imidazole rings is 1. The van der Waals surface area contributed by atoms with E-state index in [2.05, 4.69) is 27.2 Å². The van der Waals surface area contributed by atoms with E-state index in [1.54, 1.807) is 6.20 Å². The van der Waals surface area contributed by atoms with Crippen molar-refractivity contribution in [3.8, 4) is 0 Å². The maximum Gasteiger partial charge on any atom is 0.221 e. The number of aromatic amines is 1. The first-order valence-corrected chi connectivity index (χ1v) is 7.21. The smallest absolute Gasteiger partial charge is 0.221 e. The summed E-state index contributed by atoms with van der Waals surface area (Å²) in [6.07, 6.45) is 9.70. The third kappa shape index (κ3) is 4.67. The van der Waals surface area contributed by atoms with Gasteiger partial charge in [0.25, 0.3) is 0 Å². The minimum atomic E-state index is 0.179. The van der Waals surface area contributed by atoms with Crippen molar-refractivity contribution in [2.75, 3.05) is 20.1 Å². The number of piperidine rings is 1. The Balaban J connectivity index is 1.59. The number of hydrogen-bond donors (Lipinski definition) is 2. The van der Waals surface area contributed by atoms with Gasteiger partial charge in [-0.15, -0.1) is 0 Å². The van der Waals surface area contributed by atoms with Crippen LogP contribution in [0.2, 0.25) is 0 Å². The normalized spacial score (nSPS) is 20.4. The minimum Gasteiger partial charge on any atom is -0.356 e. The quantitative estimate of drug-likeness (QED) is 0.762. The molecule has 0 aliphatic carbocycles. The van der Waals surface area contributed by atoms with E-state index in [1.807, 2.05) is 6.20 Å². The van der Waals surface area contributed by atoms with Crippen LogP contribution in [0.5, 0.6) is 0 Å². The molecular weight excluding hydrogens is 240 g/mol. The van der Waals surface area contributed by atoms with Gasteiger partial charge in [-0.3, -0.25) is 4.79 Å². The second kappa shape index (κ2) is 7.28. The topological polar surface area (TPSA) is 61.0 Å². The van der Waals surface area contributed by atoms with Gasteiger partial charge in [-0.05, 0) is 32.9 Å². The lowest BCUT2D eigenvalue weighted by atomic mass is 10.00. The van der Waals surface area contributed by atoms with Crippen molar-refractivity contribution in [3.63, 3.8) is 0 Å². The molecule has 0 aromatic carbocycles. The molecule has 5 heteroatoms. The third-order valence-corrected chi connectivity index (χ3v) is 3.81. The average molecular weight is 264 g/mol. The first-order valence-electron chi connectivity index (χ1n) is 7.21. The van der Waals surface area contributed by atoms with Crippen LogP contribution in [0, 0.1) is 0 Å². The Morgan fingerprint density at radius 2 is 2.47 bits per heavy atom. The van der Waals surface area contributed by atoms with Crippen LogP contribution in [0.4, 0.5) is 0 Å². The molecule has 0 spiro atoms. The van der Waals surface area contributed by atoms with Crippen LogP contribution in [0.3, 0.4) is 0 Å². The molecule has 0 radical (unpaired) electrons. The van der Waals surface area contributed by atoms with Crippen molar-refractivity contribution < 1.29 is 4.79 Å². The summed E-state index contributed by atoms with van der Waals surface area (Å²) >= 11 is 0. The summed E-state index contributed by atoms with van der Waals surface area (Å²) in [5.74, 6) is 1.17. The van der Waals surface area contributed by atoms with Crippen LogP contribution in [0.25, 0.3) is 0 Å². The fourth-order valence-corrected chi connectivity index (χ4v) is 2.61. The number of hydrogen-bond acceptors (Lipinski definition) is 3. The van der Waals surface area contributed by atoms with Gasteiger partial charge >= 0.3 is 0 Å². The Morgan fingerprint density at radius 1 is 1.58 bits per heavy atom. The second-order valence-electron chi connectivity index (χ2n) is 5.32. The van der Waals surface area contributed by atoms with Crippen molar-refractivity contribution in [1.29, 1.82) is 0 Å². The predicted molar refractivity (Wildman–Crippen MR) is 74.8 cm³/mol. The Morgan fingerprint density at radius 3 is 3.21 bits per heavy atom. The van der Waals surface area contributed by atoms with Crippen LogP contribution in [-0.4, -0.2) is 47.0 Å². The summed E-state index contributed by atoms with van der Waals surface area (Å²) in [7, 11) is 2.12. The SMILES string of the molecule is CN1CCCCC1CC(=O)NCCCc1ncc[nH]1. The van der Waals surface area contributed by atoms with Gasteiger partial charge in [-0.1, -0.05) is 6.42 Å². The number of H-pyrrole nitrogens is 1. The third-order valence-electron chi connectivity index (χ3n) is 3.81. The fraction of sp³-hybridized carbons (Fsp3) is 0.714. The average Bonchev–Trinajstić information content (AvgIpc) is 2.91. The minimum absolute atomic E-state index is 0.179. The van der Waals surface area contributed by atoms with Gasteiger partial charge in [0.2, 0.25) is 5.91 Å². The molecule has 1 aliphatic heterocycles. The van der Waals surface area contributed by atoms with Crippen molar-refractivity contribution in [3.05, 3.63) is 18.2 Å². The van der Waals surface area contributed by atoms with Crippen LogP contribution < -0.4 is 5.32 Å². The zero-order chi connectivity index (χ0) is 13.5. The standard InChI is InChI=1S/C14H24N4O/c1-18-10-3-2-5-12(18)11-14(19)17-7-4-6-13-15-8-9-16-13/h8-9,12H,2-7,10-11H2,1H3,(H,15,16)(H,17,19). The number of nitrogens with one attached hydrogen (secondary N) is 2. The highest BCUT2D eigenvalue weighted by molar-refractivity contribution is 5.76. The number of likely N-dealkylation sites (tertiary alicyclic amines) is 1. The molecule has 19 heavy (non-hydrogen) atoms. The van der Waals surface area contributed by atoms with Gasteiger partial charge < -0.3 is 15.2 Å². The zero-order valence-electron chi connectivity index (χ0n) is 11.7. The molecule has 2 N–H and O–H groups in total. The molecule has 1 aliphatic rings. The van der Waals surface area contributed by atoms with E-state index in [0.717, 1.165) is 38.2 Å². The number of carbonyl (C=O) groups excluding carboxylic acids is 1. The molecule has 0 saturated carbocycles. The predicted octanol–water partition coefficient (Wildman–Crippen LogP) is 1.33. The maximum absolute atomic E-state index is 11.9. The van der Waals surface area contributed by atoms with E-state index >= 15 is 0 Å². The number of carbonyl (C=O) groups is 1. The summed E-state index contributed by atoms with van der Waals surface area (Å²) in [5, 5.41) is 3.01. The molecule has 106 valence electrons. The van der Waals surface area contributed by atoms with Crippen molar-refractivity contribution in [2.45, 2.75) is 44.6 Å². The molecular formula is C14H24N4O.